The minimum absolute atomic E-state index is 0.0120. The van der Waals surface area contributed by atoms with Crippen LogP contribution in [0.1, 0.15) is 37.3 Å². The molecule has 3 aromatic rings. The van der Waals surface area contributed by atoms with E-state index in [1.807, 2.05) is 30.3 Å². The number of urea groups is 1. The molecule has 6 nitrogen and oxygen atoms in total. The summed E-state index contributed by atoms with van der Waals surface area (Å²) in [7, 11) is 1.80. The van der Waals surface area contributed by atoms with E-state index in [1.165, 1.54) is 21.4 Å². The van der Waals surface area contributed by atoms with Gasteiger partial charge in [-0.15, -0.1) is 0 Å². The molecular formula is C28H34N4O2. The number of amides is 3. The summed E-state index contributed by atoms with van der Waals surface area (Å²) in [4.78, 5) is 35.5. The third-order valence-electron chi connectivity index (χ3n) is 8.02. The molecular weight excluding hydrogens is 424 g/mol. The van der Waals surface area contributed by atoms with E-state index in [2.05, 4.69) is 47.3 Å². The van der Waals surface area contributed by atoms with Crippen LogP contribution in [0.2, 0.25) is 0 Å². The fourth-order valence-corrected chi connectivity index (χ4v) is 5.70. The van der Waals surface area contributed by atoms with E-state index in [4.69, 9.17) is 0 Å². The smallest absolute Gasteiger partial charge is 0.327 e. The average molecular weight is 459 g/mol. The van der Waals surface area contributed by atoms with E-state index in [9.17, 15) is 9.59 Å². The monoisotopic (exact) mass is 458 g/mol. The van der Waals surface area contributed by atoms with Crippen molar-refractivity contribution >= 4 is 22.8 Å². The Morgan fingerprint density at radius 2 is 1.68 bits per heavy atom. The number of aromatic amines is 1. The highest BCUT2D eigenvalue weighted by molar-refractivity contribution is 6.07. The van der Waals surface area contributed by atoms with Gasteiger partial charge in [-0.1, -0.05) is 48.5 Å². The van der Waals surface area contributed by atoms with Crippen molar-refractivity contribution in [3.63, 3.8) is 0 Å². The van der Waals surface area contributed by atoms with Crippen LogP contribution in [-0.2, 0) is 17.6 Å². The first-order chi connectivity index (χ1) is 16.5. The quantitative estimate of drug-likeness (QED) is 0.532. The molecule has 2 aromatic carbocycles. The first-order valence-corrected chi connectivity index (χ1v) is 12.4. The van der Waals surface area contributed by atoms with Crippen LogP contribution in [0.4, 0.5) is 4.79 Å². The van der Waals surface area contributed by atoms with Crippen LogP contribution in [0.15, 0.2) is 60.8 Å². The number of rotatable bonds is 7. The molecule has 0 radical (unpaired) electrons. The Labute approximate surface area is 201 Å². The van der Waals surface area contributed by atoms with Crippen LogP contribution in [0.5, 0.6) is 0 Å². The van der Waals surface area contributed by atoms with Gasteiger partial charge in [0, 0.05) is 49.8 Å². The first kappa shape index (κ1) is 22.7. The predicted molar refractivity (Wildman–Crippen MR) is 135 cm³/mol. The van der Waals surface area contributed by atoms with Gasteiger partial charge < -0.3 is 14.8 Å². The van der Waals surface area contributed by atoms with Gasteiger partial charge in [0.25, 0.3) is 5.91 Å². The number of fused-ring (bicyclic) bond motifs is 1. The van der Waals surface area contributed by atoms with E-state index in [1.54, 1.807) is 11.9 Å². The predicted octanol–water partition coefficient (Wildman–Crippen LogP) is 4.46. The van der Waals surface area contributed by atoms with E-state index >= 15 is 0 Å². The SMILES string of the molecule is C[C@H](CCc1c[nH]c2ccccc12)N1CCC2(CC1)C(=O)N(CCc1ccccc1)C(=O)N2C. The molecule has 178 valence electrons. The van der Waals surface area contributed by atoms with Crippen molar-refractivity contribution in [3.05, 3.63) is 71.9 Å². The van der Waals surface area contributed by atoms with Crippen molar-refractivity contribution in [1.82, 2.24) is 19.7 Å². The number of likely N-dealkylation sites (tertiary alicyclic amines) is 1. The van der Waals surface area contributed by atoms with Gasteiger partial charge in [0.2, 0.25) is 0 Å². The number of likely N-dealkylation sites (N-methyl/N-ethyl adjacent to an activating group) is 1. The number of aryl methyl sites for hydroxylation is 1. The number of hydrogen-bond acceptors (Lipinski definition) is 3. The minimum atomic E-state index is -0.680. The third kappa shape index (κ3) is 4.00. The summed E-state index contributed by atoms with van der Waals surface area (Å²) in [6.07, 6.45) is 6.32. The first-order valence-electron chi connectivity index (χ1n) is 12.4. The Balaban J connectivity index is 1.18. The van der Waals surface area contributed by atoms with Crippen molar-refractivity contribution in [2.75, 3.05) is 26.7 Å². The molecule has 0 unspecified atom stereocenters. The number of nitrogens with zero attached hydrogens (tertiary/aromatic N) is 3. The zero-order valence-corrected chi connectivity index (χ0v) is 20.2. The van der Waals surface area contributed by atoms with Gasteiger partial charge >= 0.3 is 6.03 Å². The topological polar surface area (TPSA) is 59.7 Å². The Bertz CT molecular complexity index is 1160. The van der Waals surface area contributed by atoms with Crippen LogP contribution in [0.25, 0.3) is 10.9 Å². The molecule has 1 atom stereocenters. The molecule has 1 N–H and O–H groups in total. The Hall–Kier alpha value is -3.12. The third-order valence-corrected chi connectivity index (χ3v) is 8.02. The lowest BCUT2D eigenvalue weighted by atomic mass is 9.85. The molecule has 6 heteroatoms. The maximum absolute atomic E-state index is 13.4. The largest absolute Gasteiger partial charge is 0.361 e. The van der Waals surface area contributed by atoms with Crippen LogP contribution in [0.3, 0.4) is 0 Å². The van der Waals surface area contributed by atoms with Crippen LogP contribution >= 0.6 is 0 Å². The zero-order chi connectivity index (χ0) is 23.7. The number of hydrogen-bond donors (Lipinski definition) is 1. The second-order valence-electron chi connectivity index (χ2n) is 9.85. The fraction of sp³-hybridized carbons (Fsp3) is 0.429. The molecule has 1 spiro atoms. The van der Waals surface area contributed by atoms with Gasteiger partial charge in [0.05, 0.1) is 0 Å². The second-order valence-corrected chi connectivity index (χ2v) is 9.85. The van der Waals surface area contributed by atoms with Gasteiger partial charge in [-0.25, -0.2) is 4.79 Å². The van der Waals surface area contributed by atoms with E-state index in [0.717, 1.165) is 31.5 Å². The molecule has 2 saturated heterocycles. The van der Waals surface area contributed by atoms with Crippen LogP contribution in [-0.4, -0.2) is 69.9 Å². The summed E-state index contributed by atoms with van der Waals surface area (Å²) in [6, 6.07) is 18.8. The average Bonchev–Trinajstić information content (AvgIpc) is 3.36. The van der Waals surface area contributed by atoms with Gasteiger partial charge in [0.15, 0.2) is 0 Å². The summed E-state index contributed by atoms with van der Waals surface area (Å²) in [5, 5.41) is 1.31. The molecule has 3 heterocycles. The van der Waals surface area contributed by atoms with Gasteiger partial charge in [0.1, 0.15) is 5.54 Å². The summed E-state index contributed by atoms with van der Waals surface area (Å²) in [5.41, 5.74) is 3.02. The molecule has 2 aliphatic rings. The number of H-pyrrole nitrogens is 1. The molecule has 1 aromatic heterocycles. The van der Waals surface area contributed by atoms with Crippen LogP contribution < -0.4 is 0 Å². The Kier molecular flexibility index (Phi) is 6.17. The van der Waals surface area contributed by atoms with Crippen LogP contribution in [0, 0.1) is 0 Å². The maximum atomic E-state index is 13.4. The molecule has 5 rings (SSSR count). The number of carbonyl (C=O) groups excluding carboxylic acids is 2. The second kappa shape index (κ2) is 9.26. The molecule has 34 heavy (non-hydrogen) atoms. The summed E-state index contributed by atoms with van der Waals surface area (Å²) in [5.74, 6) is -0.0120. The number of nitrogens with one attached hydrogen (secondary N) is 1. The summed E-state index contributed by atoms with van der Waals surface area (Å²) < 4.78 is 0. The molecule has 3 amide bonds. The summed E-state index contributed by atoms with van der Waals surface area (Å²) >= 11 is 0. The zero-order valence-electron chi connectivity index (χ0n) is 20.2. The standard InChI is InChI=1S/C28H34N4O2/c1-21(12-13-23-20-29-25-11-7-6-10-24(23)25)31-18-15-28(16-19-31)26(33)32(27(34)30(28)2)17-14-22-8-4-3-5-9-22/h3-11,20-21,29H,12-19H2,1-2H3/t21-/m1/s1. The van der Waals surface area contributed by atoms with Crippen molar-refractivity contribution in [2.24, 2.45) is 0 Å². The Morgan fingerprint density at radius 3 is 2.44 bits per heavy atom. The molecule has 0 saturated carbocycles. The Morgan fingerprint density at radius 1 is 0.971 bits per heavy atom. The number of benzene rings is 2. The minimum Gasteiger partial charge on any atom is -0.361 e. The summed E-state index contributed by atoms with van der Waals surface area (Å²) in [6.45, 7) is 4.40. The van der Waals surface area contributed by atoms with Gasteiger partial charge in [-0.3, -0.25) is 9.69 Å². The molecule has 0 bridgehead atoms. The van der Waals surface area contributed by atoms with Crippen molar-refractivity contribution < 1.29 is 9.59 Å². The van der Waals surface area contributed by atoms with E-state index < -0.39 is 5.54 Å². The number of imide groups is 1. The highest BCUT2D eigenvalue weighted by Crippen LogP contribution is 2.37. The maximum Gasteiger partial charge on any atom is 0.327 e. The molecule has 0 aliphatic carbocycles. The van der Waals surface area contributed by atoms with E-state index in [0.29, 0.717) is 31.8 Å². The van der Waals surface area contributed by atoms with E-state index in [-0.39, 0.29) is 11.9 Å². The van der Waals surface area contributed by atoms with Crippen molar-refractivity contribution in [3.8, 4) is 0 Å². The normalized spacial score (nSPS) is 19.5. The number of para-hydroxylation sites is 1. The fourth-order valence-electron chi connectivity index (χ4n) is 5.70. The molecule has 2 fully saturated rings. The lowest BCUT2D eigenvalue weighted by Crippen LogP contribution is -2.56. The highest BCUT2D eigenvalue weighted by Gasteiger charge is 2.56. The van der Waals surface area contributed by atoms with Gasteiger partial charge in [-0.05, 0) is 56.2 Å². The lowest BCUT2D eigenvalue weighted by molar-refractivity contribution is -0.135. The van der Waals surface area contributed by atoms with Crippen molar-refractivity contribution in [2.45, 2.75) is 50.6 Å². The molecule has 2 aliphatic heterocycles. The number of aromatic nitrogens is 1. The number of piperidine rings is 1. The lowest BCUT2D eigenvalue weighted by Gasteiger charge is -2.43. The van der Waals surface area contributed by atoms with Gasteiger partial charge in [-0.2, -0.15) is 0 Å². The highest BCUT2D eigenvalue weighted by atomic mass is 16.2. The van der Waals surface area contributed by atoms with Crippen molar-refractivity contribution in [1.29, 1.82) is 0 Å². The number of carbonyl (C=O) groups is 2.